The van der Waals surface area contributed by atoms with Gasteiger partial charge >= 0.3 is 5.97 Å². The van der Waals surface area contributed by atoms with Gasteiger partial charge in [-0.3, -0.25) is 0 Å². The van der Waals surface area contributed by atoms with Gasteiger partial charge < -0.3 is 3.83 Å². The van der Waals surface area contributed by atoms with Crippen LogP contribution in [0, 0.1) is 5.92 Å². The molecule has 1 aromatic rings. The molecule has 0 amide bonds. The molecule has 0 saturated heterocycles. The summed E-state index contributed by atoms with van der Waals surface area (Å²) in [6.45, 7) is 4.06. The third kappa shape index (κ3) is 3.49. The van der Waals surface area contributed by atoms with Gasteiger partial charge in [0, 0.05) is 5.57 Å². The predicted molar refractivity (Wildman–Crippen MR) is 68.9 cm³/mol. The molecule has 1 aromatic carbocycles. The van der Waals surface area contributed by atoms with E-state index in [4.69, 9.17) is 0 Å². The van der Waals surface area contributed by atoms with Gasteiger partial charge in [-0.2, -0.15) is 0 Å². The maximum absolute atomic E-state index is 11.6. The van der Waals surface area contributed by atoms with Crippen LogP contribution < -0.4 is 0 Å². The normalized spacial score (nSPS) is 13.3. The molecule has 0 aliphatic rings. The van der Waals surface area contributed by atoms with Crippen LogP contribution in [0.3, 0.4) is 0 Å². The minimum atomic E-state index is -0.321. The van der Waals surface area contributed by atoms with E-state index in [2.05, 4.69) is 20.1 Å². The van der Waals surface area contributed by atoms with Crippen LogP contribution in [-0.4, -0.2) is 5.97 Å². The first-order chi connectivity index (χ1) is 7.69. The lowest BCUT2D eigenvalue weighted by Crippen LogP contribution is -2.09. The Morgan fingerprint density at radius 3 is 2.56 bits per heavy atom. The quantitative estimate of drug-likeness (QED) is 0.781. The van der Waals surface area contributed by atoms with Crippen LogP contribution in [0.15, 0.2) is 35.9 Å². The van der Waals surface area contributed by atoms with Gasteiger partial charge in [0.2, 0.25) is 0 Å². The fraction of sp³-hybridized carbons (Fsp3) is 0.308. The Morgan fingerprint density at radius 2 is 2.06 bits per heavy atom. The van der Waals surface area contributed by atoms with E-state index in [1.54, 1.807) is 0 Å². The van der Waals surface area contributed by atoms with Gasteiger partial charge in [0.05, 0.1) is 0 Å². The number of benzene rings is 1. The van der Waals surface area contributed by atoms with Crippen LogP contribution in [0.1, 0.15) is 25.8 Å². The Balaban J connectivity index is 3.01. The Labute approximate surface area is 105 Å². The van der Waals surface area contributed by atoms with Crippen molar-refractivity contribution in [1.82, 2.24) is 0 Å². The maximum Gasteiger partial charge on any atom is 0.345 e. The van der Waals surface area contributed by atoms with E-state index >= 15 is 0 Å². The lowest BCUT2D eigenvalue weighted by molar-refractivity contribution is -0.128. The van der Waals surface area contributed by atoms with Crippen molar-refractivity contribution in [2.24, 2.45) is 5.92 Å². The van der Waals surface area contributed by atoms with Crippen LogP contribution in [0.25, 0.3) is 6.08 Å². The van der Waals surface area contributed by atoms with Crippen molar-refractivity contribution in [2.75, 3.05) is 0 Å². The molecule has 2 nitrogen and oxygen atoms in total. The lowest BCUT2D eigenvalue weighted by atomic mass is 9.96. The molecule has 3 heteroatoms. The summed E-state index contributed by atoms with van der Waals surface area (Å²) in [6, 6.07) is 9.76. The molecule has 0 heterocycles. The number of carbonyl (C=O) groups is 1. The van der Waals surface area contributed by atoms with E-state index in [0.717, 1.165) is 12.0 Å². The predicted octanol–water partition coefficient (Wildman–Crippen LogP) is 3.97. The number of halogens is 1. The van der Waals surface area contributed by atoms with Crippen molar-refractivity contribution >= 4 is 28.3 Å². The average Bonchev–Trinajstić information content (AvgIpc) is 2.35. The number of rotatable bonds is 4. The van der Waals surface area contributed by atoms with E-state index in [0.29, 0.717) is 5.57 Å². The summed E-state index contributed by atoms with van der Waals surface area (Å²) in [5.41, 5.74) is 1.70. The van der Waals surface area contributed by atoms with E-state index in [9.17, 15) is 4.79 Å². The molecule has 16 heavy (non-hydrogen) atoms. The highest BCUT2D eigenvalue weighted by Crippen LogP contribution is 2.20. The zero-order valence-corrected chi connectivity index (χ0v) is 11.0. The van der Waals surface area contributed by atoms with E-state index in [-0.39, 0.29) is 11.9 Å². The summed E-state index contributed by atoms with van der Waals surface area (Å²) < 4.78 is 4.61. The maximum atomic E-state index is 11.6. The Hall–Kier alpha value is -1.09. The van der Waals surface area contributed by atoms with Crippen molar-refractivity contribution in [3.63, 3.8) is 0 Å². The second-order valence-corrected chi connectivity index (χ2v) is 4.01. The first-order valence-electron chi connectivity index (χ1n) is 5.28. The topological polar surface area (TPSA) is 26.3 Å². The fourth-order valence-electron chi connectivity index (χ4n) is 1.40. The Kier molecular flexibility index (Phi) is 5.26. The summed E-state index contributed by atoms with van der Waals surface area (Å²) in [4.78, 5) is 11.6. The Bertz CT molecular complexity index is 371. The first kappa shape index (κ1) is 13.0. The summed E-state index contributed by atoms with van der Waals surface area (Å²) in [6.07, 6.45) is 2.78. The minimum absolute atomic E-state index is 0.185. The molecule has 0 radical (unpaired) electrons. The molecule has 0 aliphatic heterocycles. The van der Waals surface area contributed by atoms with Crippen LogP contribution in [0.4, 0.5) is 0 Å². The van der Waals surface area contributed by atoms with Crippen LogP contribution in [0.5, 0.6) is 0 Å². The Morgan fingerprint density at radius 1 is 1.44 bits per heavy atom. The molecule has 0 bridgehead atoms. The molecule has 1 atom stereocenters. The van der Waals surface area contributed by atoms with Crippen molar-refractivity contribution in [3.05, 3.63) is 41.5 Å². The van der Waals surface area contributed by atoms with Gasteiger partial charge in [-0.15, -0.1) is 0 Å². The first-order valence-corrected chi connectivity index (χ1v) is 5.93. The summed E-state index contributed by atoms with van der Waals surface area (Å²) in [7, 11) is 0. The molecule has 0 aliphatic carbocycles. The molecule has 86 valence electrons. The van der Waals surface area contributed by atoms with Gasteiger partial charge in [0.25, 0.3) is 0 Å². The smallest absolute Gasteiger partial charge is 0.345 e. The SMILES string of the molecule is CCC(C)C(=Cc1ccccc1)C(=O)OBr. The number of carbonyl (C=O) groups excluding carboxylic acids is 1. The van der Waals surface area contributed by atoms with Gasteiger partial charge in [-0.05, 0) is 24.0 Å². The minimum Gasteiger partial charge on any atom is -0.380 e. The summed E-state index contributed by atoms with van der Waals surface area (Å²) >= 11 is 2.74. The molecule has 1 unspecified atom stereocenters. The van der Waals surface area contributed by atoms with Crippen LogP contribution in [-0.2, 0) is 8.62 Å². The van der Waals surface area contributed by atoms with Crippen molar-refractivity contribution in [3.8, 4) is 0 Å². The highest BCUT2D eigenvalue weighted by Gasteiger charge is 2.16. The largest absolute Gasteiger partial charge is 0.380 e. The van der Waals surface area contributed by atoms with Crippen molar-refractivity contribution in [2.45, 2.75) is 20.3 Å². The monoisotopic (exact) mass is 282 g/mol. The summed E-state index contributed by atoms with van der Waals surface area (Å²) in [5.74, 6) is -0.136. The molecular weight excluding hydrogens is 268 g/mol. The number of hydrogen-bond acceptors (Lipinski definition) is 2. The van der Waals surface area contributed by atoms with Gasteiger partial charge in [0.1, 0.15) is 0 Å². The van der Waals surface area contributed by atoms with Gasteiger partial charge in [-0.1, -0.05) is 44.2 Å². The van der Waals surface area contributed by atoms with E-state index < -0.39 is 0 Å². The molecular formula is C13H15BrO2. The highest BCUT2D eigenvalue weighted by atomic mass is 79.9. The fourth-order valence-corrected chi connectivity index (χ4v) is 1.58. The molecule has 1 rings (SSSR count). The highest BCUT2D eigenvalue weighted by molar-refractivity contribution is 9.06. The number of hydrogen-bond donors (Lipinski definition) is 0. The second-order valence-electron chi connectivity index (χ2n) is 3.68. The average molecular weight is 283 g/mol. The zero-order chi connectivity index (χ0) is 12.0. The second kappa shape index (κ2) is 6.48. The van der Waals surface area contributed by atoms with Crippen LogP contribution >= 0.6 is 16.3 Å². The lowest BCUT2D eigenvalue weighted by Gasteiger charge is -2.10. The van der Waals surface area contributed by atoms with Crippen molar-refractivity contribution < 1.29 is 8.62 Å². The molecule has 0 aromatic heterocycles. The van der Waals surface area contributed by atoms with E-state index in [1.807, 2.05) is 50.3 Å². The third-order valence-electron chi connectivity index (χ3n) is 2.57. The van der Waals surface area contributed by atoms with Crippen molar-refractivity contribution in [1.29, 1.82) is 0 Å². The summed E-state index contributed by atoms with van der Waals surface area (Å²) in [5, 5.41) is 0. The molecule has 0 spiro atoms. The zero-order valence-electron chi connectivity index (χ0n) is 9.44. The van der Waals surface area contributed by atoms with Crippen LogP contribution in [0.2, 0.25) is 0 Å². The molecule has 0 fully saturated rings. The van der Waals surface area contributed by atoms with Gasteiger partial charge in [0.15, 0.2) is 16.3 Å². The van der Waals surface area contributed by atoms with E-state index in [1.165, 1.54) is 0 Å². The standard InChI is InChI=1S/C13H15BrO2/c1-3-10(2)12(13(15)16-14)9-11-7-5-4-6-8-11/h4-10H,3H2,1-2H3. The molecule has 0 N–H and O–H groups in total. The van der Waals surface area contributed by atoms with Gasteiger partial charge in [-0.25, -0.2) is 4.79 Å². The third-order valence-corrected chi connectivity index (χ3v) is 2.86. The molecule has 0 saturated carbocycles.